The van der Waals surface area contributed by atoms with Gasteiger partial charge in [0.25, 0.3) is 0 Å². The number of carbonyl (C=O) groups is 2. The minimum atomic E-state index is -0.127. The van der Waals surface area contributed by atoms with Crippen LogP contribution in [0.4, 0.5) is 5.69 Å². The van der Waals surface area contributed by atoms with Gasteiger partial charge >= 0.3 is 0 Å². The topological polar surface area (TPSA) is 73.9 Å². The van der Waals surface area contributed by atoms with Gasteiger partial charge in [0.2, 0.25) is 5.91 Å². The standard InChI is InChI=1S/C21H25NO5S/c1-5-27-19-9-7-17(11-20(19)26-4)22-21(24)13-28-12-16-10-15(14(2)23)6-8-18(16)25-3/h6-11H,5,12-13H2,1-4H3,(H,22,24). The van der Waals surface area contributed by atoms with Gasteiger partial charge in [-0.2, -0.15) is 0 Å². The average molecular weight is 404 g/mol. The minimum Gasteiger partial charge on any atom is -0.496 e. The Labute approximate surface area is 169 Å². The molecule has 0 saturated heterocycles. The van der Waals surface area contributed by atoms with Crippen molar-refractivity contribution in [3.63, 3.8) is 0 Å². The monoisotopic (exact) mass is 403 g/mol. The van der Waals surface area contributed by atoms with E-state index >= 15 is 0 Å². The molecular formula is C21H25NO5S. The number of benzene rings is 2. The van der Waals surface area contributed by atoms with Crippen LogP contribution < -0.4 is 19.5 Å². The average Bonchev–Trinajstić information content (AvgIpc) is 2.69. The molecule has 0 radical (unpaired) electrons. The zero-order valence-electron chi connectivity index (χ0n) is 16.5. The molecule has 0 fully saturated rings. The van der Waals surface area contributed by atoms with E-state index in [0.29, 0.717) is 40.9 Å². The lowest BCUT2D eigenvalue weighted by atomic mass is 10.1. The highest BCUT2D eigenvalue weighted by atomic mass is 32.2. The number of ether oxygens (including phenoxy) is 3. The number of carbonyl (C=O) groups excluding carboxylic acids is 2. The second-order valence-electron chi connectivity index (χ2n) is 5.92. The van der Waals surface area contributed by atoms with Crippen molar-refractivity contribution in [2.24, 2.45) is 0 Å². The molecule has 1 N–H and O–H groups in total. The number of anilines is 1. The van der Waals surface area contributed by atoms with E-state index in [2.05, 4.69) is 5.32 Å². The molecule has 2 aromatic carbocycles. The molecule has 2 rings (SSSR count). The van der Waals surface area contributed by atoms with Crippen LogP contribution in [0, 0.1) is 0 Å². The van der Waals surface area contributed by atoms with Crippen molar-refractivity contribution in [1.29, 1.82) is 0 Å². The molecule has 0 aliphatic carbocycles. The second-order valence-corrected chi connectivity index (χ2v) is 6.91. The third kappa shape index (κ3) is 5.92. The number of rotatable bonds is 10. The number of Topliss-reactive ketones (excluding diaryl/α,β-unsaturated/α-hetero) is 1. The lowest BCUT2D eigenvalue weighted by Gasteiger charge is -2.12. The van der Waals surface area contributed by atoms with Gasteiger partial charge in [-0.05, 0) is 44.2 Å². The van der Waals surface area contributed by atoms with Gasteiger partial charge in [0, 0.05) is 28.6 Å². The number of ketones is 1. The van der Waals surface area contributed by atoms with Crippen LogP contribution in [-0.4, -0.2) is 38.3 Å². The zero-order chi connectivity index (χ0) is 20.5. The Bertz CT molecular complexity index is 838. The highest BCUT2D eigenvalue weighted by Crippen LogP contribution is 2.30. The Morgan fingerprint density at radius 1 is 1.00 bits per heavy atom. The molecule has 6 nitrogen and oxygen atoms in total. The van der Waals surface area contributed by atoms with E-state index in [1.807, 2.05) is 13.0 Å². The van der Waals surface area contributed by atoms with Crippen molar-refractivity contribution >= 4 is 29.1 Å². The normalized spacial score (nSPS) is 10.3. The largest absolute Gasteiger partial charge is 0.496 e. The fourth-order valence-electron chi connectivity index (χ4n) is 2.58. The van der Waals surface area contributed by atoms with Gasteiger partial charge in [0.1, 0.15) is 5.75 Å². The van der Waals surface area contributed by atoms with Gasteiger partial charge in [-0.15, -0.1) is 11.8 Å². The first kappa shape index (κ1) is 21.6. The molecule has 0 bridgehead atoms. The van der Waals surface area contributed by atoms with Crippen LogP contribution in [0.25, 0.3) is 0 Å². The lowest BCUT2D eigenvalue weighted by molar-refractivity contribution is -0.113. The molecule has 7 heteroatoms. The van der Waals surface area contributed by atoms with Gasteiger partial charge < -0.3 is 19.5 Å². The first-order valence-corrected chi connectivity index (χ1v) is 10.00. The molecule has 0 unspecified atom stereocenters. The second kappa shape index (κ2) is 10.6. The Kier molecular flexibility index (Phi) is 8.19. The Morgan fingerprint density at radius 2 is 1.71 bits per heavy atom. The van der Waals surface area contributed by atoms with Gasteiger partial charge in [0.15, 0.2) is 17.3 Å². The van der Waals surface area contributed by atoms with Crippen molar-refractivity contribution in [1.82, 2.24) is 0 Å². The summed E-state index contributed by atoms with van der Waals surface area (Å²) >= 11 is 1.45. The first-order valence-electron chi connectivity index (χ1n) is 8.84. The molecular weight excluding hydrogens is 378 g/mol. The highest BCUT2D eigenvalue weighted by molar-refractivity contribution is 7.99. The molecule has 1 amide bonds. The predicted molar refractivity (Wildman–Crippen MR) is 112 cm³/mol. The van der Waals surface area contributed by atoms with E-state index < -0.39 is 0 Å². The summed E-state index contributed by atoms with van der Waals surface area (Å²) in [5, 5.41) is 2.85. The minimum absolute atomic E-state index is 0.00362. The maximum Gasteiger partial charge on any atom is 0.234 e. The SMILES string of the molecule is CCOc1ccc(NC(=O)CSCc2cc(C(C)=O)ccc2OC)cc1OC. The Balaban J connectivity index is 1.94. The fourth-order valence-corrected chi connectivity index (χ4v) is 3.39. The third-order valence-electron chi connectivity index (χ3n) is 3.92. The van der Waals surface area contributed by atoms with E-state index in [1.54, 1.807) is 44.6 Å². The van der Waals surface area contributed by atoms with E-state index in [0.717, 1.165) is 5.56 Å². The van der Waals surface area contributed by atoms with Crippen LogP contribution in [-0.2, 0) is 10.5 Å². The van der Waals surface area contributed by atoms with Gasteiger partial charge in [-0.25, -0.2) is 0 Å². The maximum atomic E-state index is 12.3. The zero-order valence-corrected chi connectivity index (χ0v) is 17.4. The molecule has 0 aromatic heterocycles. The molecule has 0 atom stereocenters. The molecule has 0 spiro atoms. The van der Waals surface area contributed by atoms with Crippen molar-refractivity contribution < 1.29 is 23.8 Å². The molecule has 0 aliphatic heterocycles. The van der Waals surface area contributed by atoms with Crippen LogP contribution in [0.15, 0.2) is 36.4 Å². The van der Waals surface area contributed by atoms with Crippen LogP contribution in [0.3, 0.4) is 0 Å². The maximum absolute atomic E-state index is 12.3. The number of nitrogens with one attached hydrogen (secondary N) is 1. The summed E-state index contributed by atoms with van der Waals surface area (Å²) in [4.78, 5) is 23.8. The number of hydrogen-bond donors (Lipinski definition) is 1. The number of hydrogen-bond acceptors (Lipinski definition) is 6. The summed E-state index contributed by atoms with van der Waals surface area (Å²) in [7, 11) is 3.14. The number of methoxy groups -OCH3 is 2. The molecule has 28 heavy (non-hydrogen) atoms. The van der Waals surface area contributed by atoms with Gasteiger partial charge in [-0.3, -0.25) is 9.59 Å². The number of thioether (sulfide) groups is 1. The highest BCUT2D eigenvalue weighted by Gasteiger charge is 2.11. The summed E-state index contributed by atoms with van der Waals surface area (Å²) in [6, 6.07) is 10.6. The summed E-state index contributed by atoms with van der Waals surface area (Å²) in [5.41, 5.74) is 2.15. The summed E-state index contributed by atoms with van der Waals surface area (Å²) < 4.78 is 16.1. The van der Waals surface area contributed by atoms with Crippen LogP contribution in [0.1, 0.15) is 29.8 Å². The first-order chi connectivity index (χ1) is 13.5. The molecule has 0 aliphatic rings. The van der Waals surface area contributed by atoms with Gasteiger partial charge in [0.05, 0.1) is 26.6 Å². The third-order valence-corrected chi connectivity index (χ3v) is 4.91. The van der Waals surface area contributed by atoms with E-state index in [9.17, 15) is 9.59 Å². The van der Waals surface area contributed by atoms with E-state index in [-0.39, 0.29) is 17.4 Å². The predicted octanol–water partition coefficient (Wildman–Crippen LogP) is 4.18. The molecule has 2 aromatic rings. The van der Waals surface area contributed by atoms with Crippen molar-refractivity contribution in [2.45, 2.75) is 19.6 Å². The van der Waals surface area contributed by atoms with E-state index in [4.69, 9.17) is 14.2 Å². The van der Waals surface area contributed by atoms with Crippen molar-refractivity contribution in [3.05, 3.63) is 47.5 Å². The summed E-state index contributed by atoms with van der Waals surface area (Å²) in [6.45, 7) is 3.96. The van der Waals surface area contributed by atoms with Gasteiger partial charge in [-0.1, -0.05) is 0 Å². The van der Waals surface area contributed by atoms with E-state index in [1.165, 1.54) is 18.7 Å². The Morgan fingerprint density at radius 3 is 2.36 bits per heavy atom. The summed E-state index contributed by atoms with van der Waals surface area (Å²) in [6.07, 6.45) is 0. The molecule has 0 heterocycles. The molecule has 0 saturated carbocycles. The Hall–Kier alpha value is -2.67. The van der Waals surface area contributed by atoms with Crippen molar-refractivity contribution in [3.8, 4) is 17.2 Å². The molecule has 150 valence electrons. The lowest BCUT2D eigenvalue weighted by Crippen LogP contribution is -2.14. The van der Waals surface area contributed by atoms with Crippen molar-refractivity contribution in [2.75, 3.05) is 31.9 Å². The van der Waals surface area contributed by atoms with Crippen LogP contribution in [0.2, 0.25) is 0 Å². The smallest absolute Gasteiger partial charge is 0.234 e. The number of amides is 1. The summed E-state index contributed by atoms with van der Waals surface area (Å²) in [5.74, 6) is 2.60. The van der Waals surface area contributed by atoms with Crippen LogP contribution in [0.5, 0.6) is 17.2 Å². The quantitative estimate of drug-likeness (QED) is 0.600. The van der Waals surface area contributed by atoms with Crippen LogP contribution >= 0.6 is 11.8 Å². The fraction of sp³-hybridized carbons (Fsp3) is 0.333.